The Kier molecular flexibility index (Phi) is 8.48. The monoisotopic (exact) mass is 533 g/mol. The number of fused-ring (bicyclic) bond motifs is 3. The second-order valence-corrected chi connectivity index (χ2v) is 9.66. The first-order valence-corrected chi connectivity index (χ1v) is 13.4. The molecule has 0 unspecified atom stereocenters. The molecule has 0 bridgehead atoms. The molecular formula is C30H35N3O6. The fourth-order valence-electron chi connectivity index (χ4n) is 5.16. The van der Waals surface area contributed by atoms with Gasteiger partial charge in [-0.25, -0.2) is 0 Å². The van der Waals surface area contributed by atoms with Crippen LogP contribution in [0.3, 0.4) is 0 Å². The molecular weight excluding hydrogens is 498 g/mol. The highest BCUT2D eigenvalue weighted by atomic mass is 16.5. The van der Waals surface area contributed by atoms with Gasteiger partial charge in [-0.15, -0.1) is 0 Å². The molecule has 0 atom stereocenters. The van der Waals surface area contributed by atoms with Gasteiger partial charge in [-0.1, -0.05) is 24.8 Å². The zero-order chi connectivity index (χ0) is 27.2. The third-order valence-electron chi connectivity index (χ3n) is 7.13. The molecule has 39 heavy (non-hydrogen) atoms. The molecule has 1 aromatic heterocycles. The maximum absolute atomic E-state index is 14.1. The molecule has 1 saturated heterocycles. The molecule has 1 N–H and O–H groups in total. The standard InChI is InChI=1S/C30H35N3O6/c1-3-14-38-26-18-25-23(5-4-15-39-25)28-29(26)33(20-27(34)31-10-11-32-12-16-37-17-13-32)19-24(30(28)35)21-6-8-22(36-2)9-7-21/h3,6-9,18-19H,1,4-5,10-17,20H2,2H3,(H,31,34). The summed E-state index contributed by atoms with van der Waals surface area (Å²) in [7, 11) is 1.60. The van der Waals surface area contributed by atoms with Crippen LogP contribution in [0.5, 0.6) is 17.2 Å². The predicted molar refractivity (Wildman–Crippen MR) is 150 cm³/mol. The first-order valence-electron chi connectivity index (χ1n) is 13.4. The summed E-state index contributed by atoms with van der Waals surface area (Å²) >= 11 is 0. The Balaban J connectivity index is 1.56. The van der Waals surface area contributed by atoms with E-state index in [1.807, 2.05) is 34.9 Å². The summed E-state index contributed by atoms with van der Waals surface area (Å²) in [6.07, 6.45) is 4.92. The quantitative estimate of drug-likeness (QED) is 0.401. The van der Waals surface area contributed by atoms with Crippen LogP contribution in [0, 0.1) is 0 Å². The highest BCUT2D eigenvalue weighted by Crippen LogP contribution is 2.38. The van der Waals surface area contributed by atoms with E-state index in [2.05, 4.69) is 16.8 Å². The second-order valence-electron chi connectivity index (χ2n) is 9.66. The minimum absolute atomic E-state index is 0.0349. The summed E-state index contributed by atoms with van der Waals surface area (Å²) in [4.78, 5) is 29.5. The molecule has 0 aliphatic carbocycles. The van der Waals surface area contributed by atoms with E-state index in [-0.39, 0.29) is 24.5 Å². The number of hydrogen-bond acceptors (Lipinski definition) is 7. The Morgan fingerprint density at radius 1 is 1.18 bits per heavy atom. The number of nitrogens with one attached hydrogen (secondary N) is 1. The lowest BCUT2D eigenvalue weighted by atomic mass is 9.96. The Labute approximate surface area is 227 Å². The minimum Gasteiger partial charge on any atom is -0.497 e. The second kappa shape index (κ2) is 12.4. The average molecular weight is 534 g/mol. The fourth-order valence-corrected chi connectivity index (χ4v) is 5.16. The largest absolute Gasteiger partial charge is 0.497 e. The predicted octanol–water partition coefficient (Wildman–Crippen LogP) is 3.02. The number of carbonyl (C=O) groups is 1. The molecule has 1 fully saturated rings. The van der Waals surface area contributed by atoms with Crippen molar-refractivity contribution >= 4 is 16.8 Å². The molecule has 2 aliphatic heterocycles. The lowest BCUT2D eigenvalue weighted by molar-refractivity contribution is -0.121. The Morgan fingerprint density at radius 3 is 2.72 bits per heavy atom. The van der Waals surface area contributed by atoms with E-state index >= 15 is 0 Å². The summed E-state index contributed by atoms with van der Waals surface area (Å²) in [6, 6.07) is 9.19. The van der Waals surface area contributed by atoms with Crippen LogP contribution in [0.15, 0.2) is 54.0 Å². The number of ether oxygens (including phenoxy) is 4. The van der Waals surface area contributed by atoms with Gasteiger partial charge in [-0.3, -0.25) is 14.5 Å². The molecule has 9 nitrogen and oxygen atoms in total. The van der Waals surface area contributed by atoms with E-state index < -0.39 is 0 Å². The summed E-state index contributed by atoms with van der Waals surface area (Å²) in [5, 5.41) is 3.57. The third-order valence-corrected chi connectivity index (χ3v) is 7.13. The number of nitrogens with zero attached hydrogens (tertiary/aromatic N) is 2. The van der Waals surface area contributed by atoms with Crippen LogP contribution in [-0.2, 0) is 22.5 Å². The van der Waals surface area contributed by atoms with Gasteiger partial charge < -0.3 is 28.8 Å². The van der Waals surface area contributed by atoms with Gasteiger partial charge in [0.05, 0.1) is 37.8 Å². The number of pyridine rings is 1. The number of aryl methyl sites for hydroxylation is 1. The van der Waals surface area contributed by atoms with Gasteiger partial charge >= 0.3 is 0 Å². The van der Waals surface area contributed by atoms with Gasteiger partial charge in [0.15, 0.2) is 5.43 Å². The van der Waals surface area contributed by atoms with Crippen LogP contribution in [0.25, 0.3) is 22.0 Å². The Morgan fingerprint density at radius 2 is 1.97 bits per heavy atom. The van der Waals surface area contributed by atoms with E-state index in [1.165, 1.54) is 0 Å². The van der Waals surface area contributed by atoms with Crippen LogP contribution in [0.4, 0.5) is 0 Å². The number of hydrogen-bond donors (Lipinski definition) is 1. The van der Waals surface area contributed by atoms with Gasteiger partial charge in [0, 0.05) is 49.6 Å². The van der Waals surface area contributed by atoms with Crippen molar-refractivity contribution in [1.82, 2.24) is 14.8 Å². The van der Waals surface area contributed by atoms with Crippen LogP contribution in [-0.4, -0.2) is 75.1 Å². The summed E-state index contributed by atoms with van der Waals surface area (Å²) in [5.74, 6) is 1.70. The number of benzene rings is 2. The van der Waals surface area contributed by atoms with Gasteiger partial charge in [0.25, 0.3) is 0 Å². The molecule has 2 aliphatic rings. The topological polar surface area (TPSA) is 91.3 Å². The van der Waals surface area contributed by atoms with Crippen molar-refractivity contribution in [2.24, 2.45) is 0 Å². The molecule has 1 amide bonds. The number of aromatic nitrogens is 1. The summed E-state index contributed by atoms with van der Waals surface area (Å²) in [6.45, 7) is 9.08. The molecule has 5 rings (SSSR count). The number of rotatable bonds is 10. The third kappa shape index (κ3) is 5.94. The van der Waals surface area contributed by atoms with Gasteiger partial charge in [-0.05, 0) is 30.5 Å². The number of amides is 1. The first-order chi connectivity index (χ1) is 19.1. The Bertz CT molecular complexity index is 1390. The molecule has 206 valence electrons. The van der Waals surface area contributed by atoms with Gasteiger partial charge in [0.1, 0.15) is 30.4 Å². The van der Waals surface area contributed by atoms with E-state index in [9.17, 15) is 9.59 Å². The molecule has 0 radical (unpaired) electrons. The lowest BCUT2D eigenvalue weighted by Crippen LogP contribution is -2.41. The van der Waals surface area contributed by atoms with Crippen molar-refractivity contribution in [3.63, 3.8) is 0 Å². The van der Waals surface area contributed by atoms with E-state index in [1.54, 1.807) is 19.4 Å². The number of methoxy groups -OCH3 is 1. The van der Waals surface area contributed by atoms with Crippen LogP contribution in [0.1, 0.15) is 12.0 Å². The zero-order valence-electron chi connectivity index (χ0n) is 22.4. The summed E-state index contributed by atoms with van der Waals surface area (Å²) < 4.78 is 24.5. The van der Waals surface area contributed by atoms with Crippen molar-refractivity contribution in [2.75, 3.05) is 59.7 Å². The van der Waals surface area contributed by atoms with Crippen molar-refractivity contribution in [3.05, 3.63) is 65.0 Å². The van der Waals surface area contributed by atoms with E-state index in [0.29, 0.717) is 66.5 Å². The molecule has 0 saturated carbocycles. The smallest absolute Gasteiger partial charge is 0.239 e. The molecule has 3 heterocycles. The maximum Gasteiger partial charge on any atom is 0.239 e. The molecule has 3 aromatic rings. The number of carbonyl (C=O) groups excluding carboxylic acids is 1. The van der Waals surface area contributed by atoms with Crippen molar-refractivity contribution in [1.29, 1.82) is 0 Å². The van der Waals surface area contributed by atoms with Gasteiger partial charge in [-0.2, -0.15) is 0 Å². The van der Waals surface area contributed by atoms with Crippen LogP contribution in [0.2, 0.25) is 0 Å². The minimum atomic E-state index is -0.141. The van der Waals surface area contributed by atoms with Crippen molar-refractivity contribution in [2.45, 2.75) is 19.4 Å². The zero-order valence-corrected chi connectivity index (χ0v) is 22.4. The van der Waals surface area contributed by atoms with E-state index in [4.69, 9.17) is 18.9 Å². The molecule has 0 spiro atoms. The highest BCUT2D eigenvalue weighted by molar-refractivity contribution is 5.94. The molecule has 9 heteroatoms. The van der Waals surface area contributed by atoms with Crippen LogP contribution >= 0.6 is 0 Å². The highest BCUT2D eigenvalue weighted by Gasteiger charge is 2.24. The average Bonchev–Trinajstić information content (AvgIpc) is 2.97. The van der Waals surface area contributed by atoms with E-state index in [0.717, 1.165) is 37.2 Å². The Hall–Kier alpha value is -3.82. The maximum atomic E-state index is 14.1. The molecule has 2 aromatic carbocycles. The summed E-state index contributed by atoms with van der Waals surface area (Å²) in [5.41, 5.74) is 2.56. The normalized spacial score (nSPS) is 15.3. The van der Waals surface area contributed by atoms with Gasteiger partial charge in [0.2, 0.25) is 5.91 Å². The van der Waals surface area contributed by atoms with Crippen molar-refractivity contribution < 1.29 is 23.7 Å². The SMILES string of the molecule is C=CCOc1cc2c(c3c(=O)c(-c4ccc(OC)cc4)cn(CC(=O)NCCN4CCOCC4)c13)CCCO2. The van der Waals surface area contributed by atoms with Crippen molar-refractivity contribution in [3.8, 4) is 28.4 Å². The first kappa shape index (κ1) is 26.8. The van der Waals surface area contributed by atoms with Crippen LogP contribution < -0.4 is 25.0 Å². The fraction of sp³-hybridized carbons (Fsp3) is 0.400. The number of morpholine rings is 1. The lowest BCUT2D eigenvalue weighted by Gasteiger charge is -2.26.